The van der Waals surface area contributed by atoms with Gasteiger partial charge in [0.2, 0.25) is 5.91 Å². The van der Waals surface area contributed by atoms with Gasteiger partial charge in [-0.2, -0.15) is 0 Å². The Morgan fingerprint density at radius 1 is 1.11 bits per heavy atom. The van der Waals surface area contributed by atoms with Gasteiger partial charge < -0.3 is 15.4 Å². The first-order chi connectivity index (χ1) is 18.6. The van der Waals surface area contributed by atoms with Gasteiger partial charge in [-0.25, -0.2) is 9.97 Å². The number of aromatic nitrogens is 4. The summed E-state index contributed by atoms with van der Waals surface area (Å²) in [6.45, 7) is 1.65. The van der Waals surface area contributed by atoms with E-state index in [1.165, 1.54) is 0 Å². The molecule has 1 saturated heterocycles. The Hall–Kier alpha value is -4.04. The lowest BCUT2D eigenvalue weighted by atomic mass is 9.90. The van der Waals surface area contributed by atoms with Crippen molar-refractivity contribution in [3.05, 3.63) is 83.7 Å². The van der Waals surface area contributed by atoms with Crippen molar-refractivity contribution in [2.45, 2.75) is 31.6 Å². The van der Waals surface area contributed by atoms with Gasteiger partial charge in [0.15, 0.2) is 0 Å². The molecule has 38 heavy (non-hydrogen) atoms. The third-order valence-corrected chi connectivity index (χ3v) is 7.74. The van der Waals surface area contributed by atoms with Crippen molar-refractivity contribution in [3.63, 3.8) is 0 Å². The molecule has 0 spiro atoms. The summed E-state index contributed by atoms with van der Waals surface area (Å²) in [6.07, 6.45) is 11.5. The predicted octanol–water partition coefficient (Wildman–Crippen LogP) is 4.15. The zero-order valence-corrected chi connectivity index (χ0v) is 21.6. The number of nitrogen functional groups attached to an aromatic ring is 1. The Labute approximate surface area is 222 Å². The first-order valence-electron chi connectivity index (χ1n) is 13.2. The summed E-state index contributed by atoms with van der Waals surface area (Å²) in [4.78, 5) is 28.7. The Balaban J connectivity index is 1.26. The molecule has 8 heteroatoms. The van der Waals surface area contributed by atoms with Gasteiger partial charge in [-0.3, -0.25) is 14.2 Å². The summed E-state index contributed by atoms with van der Waals surface area (Å²) in [6, 6.07) is 14.5. The molecule has 1 unspecified atom stereocenters. The highest BCUT2D eigenvalue weighted by Gasteiger charge is 2.28. The minimum atomic E-state index is 0.0600. The van der Waals surface area contributed by atoms with Crippen molar-refractivity contribution in [1.82, 2.24) is 24.3 Å². The molecular formula is C30H32N6O2. The van der Waals surface area contributed by atoms with Gasteiger partial charge in [0.05, 0.1) is 11.4 Å². The molecule has 2 aliphatic rings. The summed E-state index contributed by atoms with van der Waals surface area (Å²) in [5.74, 6) is 2.06. The molecule has 1 aromatic carbocycles. The number of hydrogen-bond donors (Lipinski definition) is 1. The number of likely N-dealkylation sites (tertiary alicyclic amines) is 1. The van der Waals surface area contributed by atoms with Crippen LogP contribution in [-0.2, 0) is 22.4 Å². The Morgan fingerprint density at radius 3 is 2.71 bits per heavy atom. The Kier molecular flexibility index (Phi) is 6.64. The lowest BCUT2D eigenvalue weighted by Gasteiger charge is -2.31. The van der Waals surface area contributed by atoms with Crippen LogP contribution in [0.4, 0.5) is 5.82 Å². The maximum absolute atomic E-state index is 12.2. The van der Waals surface area contributed by atoms with Crippen LogP contribution in [0.3, 0.4) is 0 Å². The number of amides is 1. The molecular weight excluding hydrogens is 476 g/mol. The van der Waals surface area contributed by atoms with Gasteiger partial charge >= 0.3 is 0 Å². The minimum absolute atomic E-state index is 0.0600. The van der Waals surface area contributed by atoms with Crippen LogP contribution in [0.15, 0.2) is 60.9 Å². The van der Waals surface area contributed by atoms with Crippen LogP contribution in [0.5, 0.6) is 0 Å². The number of piperidine rings is 1. The largest absolute Gasteiger partial charge is 0.382 e. The normalized spacial score (nSPS) is 17.6. The van der Waals surface area contributed by atoms with Crippen molar-refractivity contribution < 1.29 is 9.53 Å². The number of methoxy groups -OCH3 is 1. The number of ether oxygens (including phenoxy) is 1. The molecule has 1 fully saturated rings. The fourth-order valence-corrected chi connectivity index (χ4v) is 5.70. The summed E-state index contributed by atoms with van der Waals surface area (Å²) >= 11 is 0. The number of anilines is 1. The number of allylic oxidation sites excluding steroid dienone is 1. The van der Waals surface area contributed by atoms with Gasteiger partial charge in [-0.1, -0.05) is 48.6 Å². The molecule has 6 rings (SSSR count). The zero-order valence-electron chi connectivity index (χ0n) is 21.6. The molecule has 1 aliphatic heterocycles. The number of hydrogen-bond acceptors (Lipinski definition) is 6. The molecule has 1 aliphatic carbocycles. The minimum Gasteiger partial charge on any atom is -0.382 e. The smallest absolute Gasteiger partial charge is 0.248 e. The maximum Gasteiger partial charge on any atom is 0.248 e. The average Bonchev–Trinajstić information content (AvgIpc) is 3.33. The van der Waals surface area contributed by atoms with Gasteiger partial charge in [-0.15, -0.1) is 0 Å². The lowest BCUT2D eigenvalue weighted by Crippen LogP contribution is -2.40. The molecule has 1 atom stereocenters. The lowest BCUT2D eigenvalue weighted by molar-refractivity contribution is -0.136. The number of imidazole rings is 1. The van der Waals surface area contributed by atoms with Crippen molar-refractivity contribution in [2.75, 3.05) is 32.5 Å². The van der Waals surface area contributed by atoms with Gasteiger partial charge in [0.25, 0.3) is 0 Å². The molecule has 194 valence electrons. The standard InChI is InChI=1S/C30H32N6O2/c1-38-19-27(37)35-14-11-20(12-15-35)17-26-34-28(29-30(31)32-13-16-36(26)29)23-8-7-22-9-10-24(33-25(22)18-23)21-5-3-2-4-6-21/h2-10,13,16,20,23H,11-12,14-15,17-19H2,1H3,(H2,31,32). The average molecular weight is 509 g/mol. The maximum atomic E-state index is 12.2. The van der Waals surface area contributed by atoms with E-state index < -0.39 is 0 Å². The summed E-state index contributed by atoms with van der Waals surface area (Å²) in [5, 5.41) is 0. The number of pyridine rings is 1. The third-order valence-electron chi connectivity index (χ3n) is 7.74. The van der Waals surface area contributed by atoms with Crippen LogP contribution in [0, 0.1) is 5.92 Å². The zero-order chi connectivity index (χ0) is 26.1. The number of benzene rings is 1. The summed E-state index contributed by atoms with van der Waals surface area (Å²) in [5.41, 5.74) is 12.5. The fraction of sp³-hybridized carbons (Fsp3) is 0.333. The second-order valence-electron chi connectivity index (χ2n) is 10.2. The van der Waals surface area contributed by atoms with E-state index in [9.17, 15) is 4.79 Å². The number of rotatable bonds is 6. The molecule has 4 aromatic rings. The highest BCUT2D eigenvalue weighted by atomic mass is 16.5. The van der Waals surface area contributed by atoms with E-state index in [0.717, 1.165) is 78.3 Å². The third kappa shape index (κ3) is 4.67. The van der Waals surface area contributed by atoms with E-state index in [0.29, 0.717) is 11.7 Å². The number of nitrogens with two attached hydrogens (primary N) is 1. The second-order valence-corrected chi connectivity index (χ2v) is 10.2. The van der Waals surface area contributed by atoms with Gasteiger partial charge in [0.1, 0.15) is 23.8 Å². The molecule has 2 N–H and O–H groups in total. The second kappa shape index (κ2) is 10.4. The Morgan fingerprint density at radius 2 is 1.92 bits per heavy atom. The molecule has 0 saturated carbocycles. The van der Waals surface area contributed by atoms with Crippen LogP contribution in [0.1, 0.15) is 41.5 Å². The number of carbonyl (C=O) groups excluding carboxylic acids is 1. The summed E-state index contributed by atoms with van der Waals surface area (Å²) in [7, 11) is 1.56. The topological polar surface area (TPSA) is 98.6 Å². The number of fused-ring (bicyclic) bond motifs is 2. The SMILES string of the molecule is COCC(=O)N1CCC(Cc2nc(C3C=Cc4ccc(-c5ccccc5)nc4C3)c3c(N)nccn23)CC1. The van der Waals surface area contributed by atoms with E-state index >= 15 is 0 Å². The molecule has 4 heterocycles. The highest BCUT2D eigenvalue weighted by Crippen LogP contribution is 2.35. The molecule has 3 aromatic heterocycles. The Bertz CT molecular complexity index is 1490. The van der Waals surface area contributed by atoms with Crippen molar-refractivity contribution >= 4 is 23.3 Å². The quantitative estimate of drug-likeness (QED) is 0.420. The van der Waals surface area contributed by atoms with Crippen molar-refractivity contribution in [1.29, 1.82) is 0 Å². The van der Waals surface area contributed by atoms with Gasteiger partial charge in [-0.05, 0) is 30.4 Å². The molecule has 1 amide bonds. The van der Waals surface area contributed by atoms with E-state index in [4.69, 9.17) is 20.4 Å². The van der Waals surface area contributed by atoms with Gasteiger partial charge in [0, 0.05) is 62.6 Å². The van der Waals surface area contributed by atoms with Crippen LogP contribution in [0.25, 0.3) is 22.9 Å². The van der Waals surface area contributed by atoms with Crippen LogP contribution < -0.4 is 5.73 Å². The summed E-state index contributed by atoms with van der Waals surface area (Å²) < 4.78 is 7.13. The van der Waals surface area contributed by atoms with E-state index in [2.05, 4.69) is 45.8 Å². The van der Waals surface area contributed by atoms with E-state index in [1.54, 1.807) is 13.3 Å². The van der Waals surface area contributed by atoms with Crippen LogP contribution in [-0.4, -0.2) is 57.0 Å². The fourth-order valence-electron chi connectivity index (χ4n) is 5.70. The van der Waals surface area contributed by atoms with Crippen LogP contribution >= 0.6 is 0 Å². The van der Waals surface area contributed by atoms with Crippen molar-refractivity contribution in [3.8, 4) is 11.3 Å². The highest BCUT2D eigenvalue weighted by molar-refractivity contribution is 5.77. The first kappa shape index (κ1) is 24.3. The first-order valence-corrected chi connectivity index (χ1v) is 13.2. The van der Waals surface area contributed by atoms with E-state index in [1.807, 2.05) is 29.3 Å². The monoisotopic (exact) mass is 508 g/mol. The number of carbonyl (C=O) groups is 1. The molecule has 8 nitrogen and oxygen atoms in total. The van der Waals surface area contributed by atoms with Crippen LogP contribution in [0.2, 0.25) is 0 Å². The van der Waals surface area contributed by atoms with Crippen molar-refractivity contribution in [2.24, 2.45) is 5.92 Å². The molecule has 0 radical (unpaired) electrons. The number of nitrogens with zero attached hydrogens (tertiary/aromatic N) is 5. The predicted molar refractivity (Wildman–Crippen MR) is 147 cm³/mol. The molecule has 0 bridgehead atoms. The van der Waals surface area contributed by atoms with E-state index in [-0.39, 0.29) is 18.4 Å².